The molecule has 0 aliphatic carbocycles. The van der Waals surface area contributed by atoms with E-state index in [2.05, 4.69) is 0 Å². The van der Waals surface area contributed by atoms with Crippen molar-refractivity contribution >= 4 is 17.6 Å². The molecule has 0 aliphatic heterocycles. The Hall–Kier alpha value is -1.88. The number of hydrogen-bond donors (Lipinski definition) is 2. The van der Waals surface area contributed by atoms with Gasteiger partial charge in [-0.05, 0) is 24.6 Å². The summed E-state index contributed by atoms with van der Waals surface area (Å²) in [5, 5.41) is 8.72. The number of rotatable bonds is 4. The van der Waals surface area contributed by atoms with Gasteiger partial charge in [0, 0.05) is 5.69 Å². The number of anilines is 1. The molecule has 16 heavy (non-hydrogen) atoms. The standard InChI is InChI=1S/C11H14N2O3/c1-8-3-2-4-9(5-8)13(7-11(15)16)10(14)6-12/h2-5H,6-7,12H2,1H3,(H,15,16). The molecular weight excluding hydrogens is 208 g/mol. The van der Waals surface area contributed by atoms with E-state index < -0.39 is 11.9 Å². The molecular formula is C11H14N2O3. The molecule has 0 saturated heterocycles. The third-order valence-corrected chi connectivity index (χ3v) is 2.08. The molecule has 1 aromatic rings. The van der Waals surface area contributed by atoms with Crippen LogP contribution in [-0.4, -0.2) is 30.1 Å². The van der Waals surface area contributed by atoms with Crippen molar-refractivity contribution in [1.29, 1.82) is 0 Å². The molecule has 0 bridgehead atoms. The van der Waals surface area contributed by atoms with Crippen molar-refractivity contribution in [3.63, 3.8) is 0 Å². The molecule has 0 aliphatic rings. The summed E-state index contributed by atoms with van der Waals surface area (Å²) in [6.07, 6.45) is 0. The molecule has 0 radical (unpaired) electrons. The second kappa shape index (κ2) is 5.27. The Morgan fingerprint density at radius 1 is 1.44 bits per heavy atom. The number of carbonyl (C=O) groups excluding carboxylic acids is 1. The monoisotopic (exact) mass is 222 g/mol. The van der Waals surface area contributed by atoms with Crippen LogP contribution in [0.25, 0.3) is 0 Å². The number of amides is 1. The number of aliphatic carboxylic acids is 1. The number of carboxylic acids is 1. The SMILES string of the molecule is Cc1cccc(N(CC(=O)O)C(=O)CN)c1. The van der Waals surface area contributed by atoms with Gasteiger partial charge in [-0.3, -0.25) is 9.59 Å². The average molecular weight is 222 g/mol. The highest BCUT2D eigenvalue weighted by Crippen LogP contribution is 2.15. The molecule has 0 unspecified atom stereocenters. The fraction of sp³-hybridized carbons (Fsp3) is 0.273. The van der Waals surface area contributed by atoms with Crippen LogP contribution >= 0.6 is 0 Å². The van der Waals surface area contributed by atoms with Crippen LogP contribution in [0.4, 0.5) is 5.69 Å². The topological polar surface area (TPSA) is 83.6 Å². The summed E-state index contributed by atoms with van der Waals surface area (Å²) in [5.41, 5.74) is 6.75. The molecule has 5 heteroatoms. The first kappa shape index (κ1) is 12.2. The van der Waals surface area contributed by atoms with Crippen molar-refractivity contribution in [3.05, 3.63) is 29.8 Å². The fourth-order valence-electron chi connectivity index (χ4n) is 1.36. The van der Waals surface area contributed by atoms with Gasteiger partial charge in [0.1, 0.15) is 6.54 Å². The van der Waals surface area contributed by atoms with E-state index in [0.29, 0.717) is 5.69 Å². The highest BCUT2D eigenvalue weighted by atomic mass is 16.4. The first-order valence-corrected chi connectivity index (χ1v) is 4.83. The maximum atomic E-state index is 11.5. The maximum absolute atomic E-state index is 11.5. The first-order chi connectivity index (χ1) is 7.54. The minimum absolute atomic E-state index is 0.207. The van der Waals surface area contributed by atoms with Gasteiger partial charge >= 0.3 is 5.97 Å². The summed E-state index contributed by atoms with van der Waals surface area (Å²) in [6.45, 7) is 1.29. The summed E-state index contributed by atoms with van der Waals surface area (Å²) in [4.78, 5) is 23.3. The van der Waals surface area contributed by atoms with Crippen molar-refractivity contribution in [2.75, 3.05) is 18.0 Å². The highest BCUT2D eigenvalue weighted by Gasteiger charge is 2.17. The number of carbonyl (C=O) groups is 2. The number of carboxylic acid groups (broad SMARTS) is 1. The Balaban J connectivity index is 3.00. The minimum atomic E-state index is -1.07. The van der Waals surface area contributed by atoms with Gasteiger partial charge in [0.15, 0.2) is 0 Å². The van der Waals surface area contributed by atoms with E-state index >= 15 is 0 Å². The molecule has 0 saturated carbocycles. The largest absolute Gasteiger partial charge is 0.480 e. The molecule has 0 atom stereocenters. The quantitative estimate of drug-likeness (QED) is 0.771. The molecule has 1 amide bonds. The summed E-state index contributed by atoms with van der Waals surface area (Å²) in [6, 6.07) is 7.07. The summed E-state index contributed by atoms with van der Waals surface area (Å²) >= 11 is 0. The van der Waals surface area contributed by atoms with Crippen LogP contribution in [0.3, 0.4) is 0 Å². The van der Waals surface area contributed by atoms with Crippen LogP contribution in [0.1, 0.15) is 5.56 Å². The zero-order chi connectivity index (χ0) is 12.1. The van der Waals surface area contributed by atoms with Crippen LogP contribution in [0.5, 0.6) is 0 Å². The van der Waals surface area contributed by atoms with Gasteiger partial charge in [-0.15, -0.1) is 0 Å². The predicted octanol–water partition coefficient (Wildman–Crippen LogP) is 0.371. The number of nitrogens with two attached hydrogens (primary N) is 1. The fourth-order valence-corrected chi connectivity index (χ4v) is 1.36. The van der Waals surface area contributed by atoms with Gasteiger partial charge in [0.2, 0.25) is 5.91 Å². The lowest BCUT2D eigenvalue weighted by Crippen LogP contribution is -2.39. The van der Waals surface area contributed by atoms with E-state index in [-0.39, 0.29) is 13.1 Å². The van der Waals surface area contributed by atoms with Gasteiger partial charge in [0.05, 0.1) is 6.54 Å². The third-order valence-electron chi connectivity index (χ3n) is 2.08. The van der Waals surface area contributed by atoms with Crippen LogP contribution in [0, 0.1) is 6.92 Å². The number of aryl methyl sites for hydroxylation is 1. The van der Waals surface area contributed by atoms with Crippen molar-refractivity contribution in [1.82, 2.24) is 0 Å². The lowest BCUT2D eigenvalue weighted by Gasteiger charge is -2.20. The Kier molecular flexibility index (Phi) is 4.02. The number of hydrogen-bond acceptors (Lipinski definition) is 3. The Morgan fingerprint density at radius 3 is 2.62 bits per heavy atom. The van der Waals surface area contributed by atoms with Gasteiger partial charge in [-0.2, -0.15) is 0 Å². The van der Waals surface area contributed by atoms with Gasteiger partial charge in [-0.1, -0.05) is 12.1 Å². The zero-order valence-electron chi connectivity index (χ0n) is 9.01. The molecule has 0 aromatic heterocycles. The summed E-state index contributed by atoms with van der Waals surface area (Å²) in [7, 11) is 0. The van der Waals surface area contributed by atoms with Crippen LogP contribution < -0.4 is 10.6 Å². The van der Waals surface area contributed by atoms with E-state index in [9.17, 15) is 9.59 Å². The van der Waals surface area contributed by atoms with E-state index in [1.54, 1.807) is 18.2 Å². The van der Waals surface area contributed by atoms with Crippen molar-refractivity contribution < 1.29 is 14.7 Å². The second-order valence-electron chi connectivity index (χ2n) is 3.42. The van der Waals surface area contributed by atoms with Gasteiger partial charge in [0.25, 0.3) is 0 Å². The van der Waals surface area contributed by atoms with Gasteiger partial charge in [-0.25, -0.2) is 0 Å². The van der Waals surface area contributed by atoms with Crippen LogP contribution in [-0.2, 0) is 9.59 Å². The Morgan fingerprint density at radius 2 is 2.12 bits per heavy atom. The molecule has 1 rings (SSSR count). The lowest BCUT2D eigenvalue weighted by atomic mass is 10.2. The van der Waals surface area contributed by atoms with E-state index in [4.69, 9.17) is 10.8 Å². The first-order valence-electron chi connectivity index (χ1n) is 4.83. The van der Waals surface area contributed by atoms with Crippen LogP contribution in [0.15, 0.2) is 24.3 Å². The second-order valence-corrected chi connectivity index (χ2v) is 3.42. The summed E-state index contributed by atoms with van der Waals surface area (Å²) < 4.78 is 0. The third kappa shape index (κ3) is 3.06. The lowest BCUT2D eigenvalue weighted by molar-refractivity contribution is -0.136. The average Bonchev–Trinajstić information content (AvgIpc) is 2.24. The predicted molar refractivity (Wildman–Crippen MR) is 60.2 cm³/mol. The van der Waals surface area contributed by atoms with Gasteiger partial charge < -0.3 is 15.7 Å². The van der Waals surface area contributed by atoms with Crippen molar-refractivity contribution in [3.8, 4) is 0 Å². The Bertz CT molecular complexity index is 404. The van der Waals surface area contributed by atoms with E-state index in [1.165, 1.54) is 0 Å². The zero-order valence-corrected chi connectivity index (χ0v) is 9.01. The van der Waals surface area contributed by atoms with E-state index in [1.807, 2.05) is 13.0 Å². The molecule has 1 aromatic carbocycles. The van der Waals surface area contributed by atoms with Crippen molar-refractivity contribution in [2.24, 2.45) is 5.73 Å². The normalized spacial score (nSPS) is 9.88. The highest BCUT2D eigenvalue weighted by molar-refractivity contribution is 5.98. The molecule has 3 N–H and O–H groups in total. The van der Waals surface area contributed by atoms with Crippen molar-refractivity contribution in [2.45, 2.75) is 6.92 Å². The van der Waals surface area contributed by atoms with E-state index in [0.717, 1.165) is 10.5 Å². The number of nitrogens with zero attached hydrogens (tertiary/aromatic N) is 1. The number of benzene rings is 1. The molecule has 0 fully saturated rings. The molecule has 0 spiro atoms. The maximum Gasteiger partial charge on any atom is 0.323 e. The molecule has 86 valence electrons. The molecule has 0 heterocycles. The Labute approximate surface area is 93.5 Å². The smallest absolute Gasteiger partial charge is 0.323 e. The minimum Gasteiger partial charge on any atom is -0.480 e. The molecule has 5 nitrogen and oxygen atoms in total. The summed E-state index contributed by atoms with van der Waals surface area (Å²) in [5.74, 6) is -1.48. The van der Waals surface area contributed by atoms with Crippen LogP contribution in [0.2, 0.25) is 0 Å².